The molecule has 1 aromatic carbocycles. The van der Waals surface area contributed by atoms with Gasteiger partial charge in [0.05, 0.1) is 4.90 Å². The van der Waals surface area contributed by atoms with Crippen molar-refractivity contribution in [1.82, 2.24) is 0 Å². The zero-order valence-corrected chi connectivity index (χ0v) is 13.3. The van der Waals surface area contributed by atoms with E-state index < -0.39 is 9.83 Å². The Kier molecular flexibility index (Phi) is 4.28. The number of hydrogen-bond acceptors (Lipinski definition) is 5. The summed E-state index contributed by atoms with van der Waals surface area (Å²) in [5.41, 5.74) is 1.39. The van der Waals surface area contributed by atoms with Gasteiger partial charge in [0, 0.05) is 24.5 Å². The first-order valence-electron chi connectivity index (χ1n) is 4.74. The van der Waals surface area contributed by atoms with E-state index in [1.54, 1.807) is 30.4 Å². The molecule has 0 radical (unpaired) electrons. The highest BCUT2D eigenvalue weighted by atomic mass is 33.8. The maximum absolute atomic E-state index is 12.0. The smallest absolute Gasteiger partial charge is 0.125 e. The van der Waals surface area contributed by atoms with Gasteiger partial charge in [0.2, 0.25) is 0 Å². The average Bonchev–Trinajstić information content (AvgIpc) is 2.39. The van der Waals surface area contributed by atoms with E-state index in [4.69, 9.17) is 0 Å². The molecule has 0 amide bonds. The highest BCUT2D eigenvalue weighted by molar-refractivity contribution is 9.34. The molecule has 0 N–H and O–H groups in total. The quantitative estimate of drug-likeness (QED) is 0.621. The highest BCUT2D eigenvalue weighted by Gasteiger charge is 2.25. The zero-order chi connectivity index (χ0) is 11.8. The summed E-state index contributed by atoms with van der Waals surface area (Å²) in [6, 6.07) is 6.14. The molecule has 88 valence electrons. The number of hydrogen-bond donors (Lipinski definition) is 0. The van der Waals surface area contributed by atoms with Crippen LogP contribution in [0.3, 0.4) is 0 Å². The van der Waals surface area contributed by atoms with Crippen LogP contribution in [-0.2, 0) is 15.2 Å². The van der Waals surface area contributed by atoms with Crippen LogP contribution < -0.4 is 0 Å². The van der Waals surface area contributed by atoms with Gasteiger partial charge in [-0.2, -0.15) is 0 Å². The standard InChI is InChI=1S/C10H12OS5/c1-10(2,3)7-5-4-6-8-9(7)12-13-14-15-16(8)11/h4-6H,1-3H3. The monoisotopic (exact) mass is 308 g/mol. The molecule has 16 heavy (non-hydrogen) atoms. The minimum Gasteiger partial charge on any atom is -0.242 e. The number of benzene rings is 1. The van der Waals surface area contributed by atoms with Crippen molar-refractivity contribution in [2.75, 3.05) is 0 Å². The lowest BCUT2D eigenvalue weighted by atomic mass is 9.87. The Balaban J connectivity index is 2.58. The van der Waals surface area contributed by atoms with E-state index in [2.05, 4.69) is 26.8 Å². The molecule has 1 heterocycles. The Labute approximate surface area is 113 Å². The lowest BCUT2D eigenvalue weighted by molar-refractivity contribution is 0.574. The van der Waals surface area contributed by atoms with Crippen molar-refractivity contribution >= 4 is 50.1 Å². The van der Waals surface area contributed by atoms with E-state index in [0.717, 1.165) is 4.90 Å². The number of fused-ring (bicyclic) bond motifs is 1. The summed E-state index contributed by atoms with van der Waals surface area (Å²) in [5, 5.41) is 0. The van der Waals surface area contributed by atoms with Crippen LogP contribution in [0.1, 0.15) is 26.3 Å². The van der Waals surface area contributed by atoms with Crippen molar-refractivity contribution < 1.29 is 4.21 Å². The predicted octanol–water partition coefficient (Wildman–Crippen LogP) is 5.06. The summed E-state index contributed by atoms with van der Waals surface area (Å²) in [5.74, 6) is 0. The average molecular weight is 309 g/mol. The summed E-state index contributed by atoms with van der Waals surface area (Å²) in [6.45, 7) is 6.59. The molecule has 0 aromatic heterocycles. The minimum absolute atomic E-state index is 0.1000. The van der Waals surface area contributed by atoms with Gasteiger partial charge in [0.25, 0.3) is 0 Å². The first-order valence-corrected chi connectivity index (χ1v) is 11.2. The molecule has 1 aromatic rings. The maximum Gasteiger partial charge on any atom is 0.125 e. The van der Waals surface area contributed by atoms with Gasteiger partial charge < -0.3 is 0 Å². The molecule has 1 nitrogen and oxygen atoms in total. The van der Waals surface area contributed by atoms with Gasteiger partial charge in [0.15, 0.2) is 0 Å². The highest BCUT2D eigenvalue weighted by Crippen LogP contribution is 2.56. The third kappa shape index (κ3) is 2.77. The van der Waals surface area contributed by atoms with Gasteiger partial charge in [-0.1, -0.05) is 32.9 Å². The fourth-order valence-electron chi connectivity index (χ4n) is 1.44. The van der Waals surface area contributed by atoms with Crippen LogP contribution in [0.25, 0.3) is 0 Å². The Hall–Kier alpha value is 0.770. The van der Waals surface area contributed by atoms with Gasteiger partial charge >= 0.3 is 0 Å². The van der Waals surface area contributed by atoms with Crippen molar-refractivity contribution in [2.45, 2.75) is 36.0 Å². The minimum atomic E-state index is -0.940. The Morgan fingerprint density at radius 3 is 2.62 bits per heavy atom. The van der Waals surface area contributed by atoms with Gasteiger partial charge in [-0.25, -0.2) is 4.21 Å². The lowest BCUT2D eigenvalue weighted by Gasteiger charge is -2.22. The molecule has 0 aliphatic carbocycles. The zero-order valence-electron chi connectivity index (χ0n) is 9.18. The summed E-state index contributed by atoms with van der Waals surface area (Å²) in [4.78, 5) is 2.16. The van der Waals surface area contributed by atoms with Crippen LogP contribution in [0, 0.1) is 0 Å². The molecule has 0 saturated heterocycles. The summed E-state index contributed by atoms with van der Waals surface area (Å²) >= 11 is 0. The van der Waals surface area contributed by atoms with Crippen LogP contribution in [0.15, 0.2) is 28.0 Å². The molecule has 1 unspecified atom stereocenters. The topological polar surface area (TPSA) is 17.1 Å². The van der Waals surface area contributed by atoms with Crippen LogP contribution in [0.2, 0.25) is 0 Å². The van der Waals surface area contributed by atoms with Gasteiger partial charge in [-0.3, -0.25) is 0 Å². The first-order chi connectivity index (χ1) is 7.50. The molecule has 0 bridgehead atoms. The van der Waals surface area contributed by atoms with Crippen molar-refractivity contribution in [3.8, 4) is 0 Å². The lowest BCUT2D eigenvalue weighted by Crippen LogP contribution is -2.13. The second kappa shape index (κ2) is 5.18. The molecular weight excluding hydrogens is 296 g/mol. The molecule has 1 aliphatic rings. The normalized spacial score (nSPS) is 21.3. The van der Waals surface area contributed by atoms with Gasteiger partial charge in [0.1, 0.15) is 9.83 Å². The fourth-order valence-corrected chi connectivity index (χ4v) is 11.8. The second-order valence-corrected chi connectivity index (χ2v) is 12.6. The fraction of sp³-hybridized carbons (Fsp3) is 0.400. The van der Waals surface area contributed by atoms with E-state index in [1.165, 1.54) is 20.3 Å². The predicted molar refractivity (Wildman–Crippen MR) is 80.2 cm³/mol. The van der Waals surface area contributed by atoms with Crippen molar-refractivity contribution in [3.63, 3.8) is 0 Å². The van der Waals surface area contributed by atoms with Crippen molar-refractivity contribution in [2.24, 2.45) is 0 Å². The van der Waals surface area contributed by atoms with Crippen LogP contribution in [0.4, 0.5) is 0 Å². The van der Waals surface area contributed by atoms with Gasteiger partial charge in [-0.05, 0) is 37.7 Å². The van der Waals surface area contributed by atoms with E-state index >= 15 is 0 Å². The second-order valence-electron chi connectivity index (χ2n) is 4.40. The Morgan fingerprint density at radius 2 is 1.94 bits per heavy atom. The van der Waals surface area contributed by atoms with Crippen LogP contribution in [-0.4, -0.2) is 4.21 Å². The molecule has 1 aliphatic heterocycles. The van der Waals surface area contributed by atoms with E-state index in [9.17, 15) is 4.21 Å². The molecule has 2 rings (SSSR count). The van der Waals surface area contributed by atoms with Gasteiger partial charge in [-0.15, -0.1) is 0 Å². The first kappa shape index (κ1) is 13.2. The Morgan fingerprint density at radius 1 is 1.19 bits per heavy atom. The van der Waals surface area contributed by atoms with E-state index in [-0.39, 0.29) is 5.41 Å². The summed E-state index contributed by atoms with van der Waals surface area (Å²) < 4.78 is 12.0. The molecular formula is C10H12OS5. The third-order valence-electron chi connectivity index (χ3n) is 2.20. The molecule has 6 heteroatoms. The summed E-state index contributed by atoms with van der Waals surface area (Å²) in [6.07, 6.45) is 0. The van der Waals surface area contributed by atoms with Crippen LogP contribution in [0.5, 0.6) is 0 Å². The van der Waals surface area contributed by atoms with Crippen LogP contribution >= 0.6 is 40.3 Å². The molecule has 0 fully saturated rings. The maximum atomic E-state index is 12.0. The van der Waals surface area contributed by atoms with E-state index in [1.807, 2.05) is 12.1 Å². The largest absolute Gasteiger partial charge is 0.242 e. The SMILES string of the molecule is CC(C)(C)c1cccc2c1SSSSS2=O. The van der Waals surface area contributed by atoms with Crippen molar-refractivity contribution in [1.29, 1.82) is 0 Å². The third-order valence-corrected chi connectivity index (χ3v) is 11.6. The molecule has 0 spiro atoms. The molecule has 1 atom stereocenters. The molecule has 0 saturated carbocycles. The Bertz CT molecular complexity index is 424. The number of rotatable bonds is 0. The summed E-state index contributed by atoms with van der Waals surface area (Å²) in [7, 11) is 5.52. The van der Waals surface area contributed by atoms with E-state index in [0.29, 0.717) is 0 Å². The van der Waals surface area contributed by atoms with Crippen molar-refractivity contribution in [3.05, 3.63) is 23.8 Å².